The van der Waals surface area contributed by atoms with E-state index in [1.54, 1.807) is 36.2 Å². The molecule has 2 atom stereocenters. The van der Waals surface area contributed by atoms with Crippen LogP contribution in [-0.4, -0.2) is 72.9 Å². The average molecular weight is 613 g/mol. The molecule has 0 aliphatic carbocycles. The van der Waals surface area contributed by atoms with Crippen molar-refractivity contribution in [3.05, 3.63) is 101 Å². The Hall–Kier alpha value is -4.70. The van der Waals surface area contributed by atoms with Crippen LogP contribution in [0.3, 0.4) is 0 Å². The van der Waals surface area contributed by atoms with Gasteiger partial charge < -0.3 is 30.7 Å². The number of rotatable bonds is 9. The minimum atomic E-state index is -0.943. The number of benzene rings is 3. The molecule has 45 heavy (non-hydrogen) atoms. The number of fused-ring (bicyclic) bond motifs is 1. The maximum absolute atomic E-state index is 14.1. The van der Waals surface area contributed by atoms with E-state index >= 15 is 0 Å². The predicted molar refractivity (Wildman–Crippen MR) is 175 cm³/mol. The highest BCUT2D eigenvalue weighted by Crippen LogP contribution is 2.31. The molecule has 0 spiro atoms. The molecule has 0 radical (unpaired) electrons. The molecule has 0 saturated carbocycles. The number of amides is 4. The number of para-hydroxylation sites is 1. The number of urea groups is 1. The van der Waals surface area contributed by atoms with Crippen LogP contribution in [0.1, 0.15) is 58.6 Å². The van der Waals surface area contributed by atoms with Gasteiger partial charge in [0.15, 0.2) is 0 Å². The van der Waals surface area contributed by atoms with Crippen LogP contribution in [0.4, 0.5) is 14.9 Å². The Morgan fingerprint density at radius 3 is 2.42 bits per heavy atom. The van der Waals surface area contributed by atoms with Crippen molar-refractivity contribution in [2.45, 2.75) is 44.2 Å². The molecule has 236 valence electrons. The number of nitrogens with zero attached hydrogens (tertiary/aromatic N) is 2. The van der Waals surface area contributed by atoms with Gasteiger partial charge in [-0.3, -0.25) is 9.59 Å². The van der Waals surface area contributed by atoms with Crippen LogP contribution in [-0.2, 0) is 11.3 Å². The van der Waals surface area contributed by atoms with Crippen molar-refractivity contribution >= 4 is 34.4 Å². The number of piperidine rings is 1. The number of likely N-dealkylation sites (tertiary alicyclic amines) is 1. The smallest absolute Gasteiger partial charge is 0.318 e. The Labute approximate surface area is 263 Å². The van der Waals surface area contributed by atoms with Gasteiger partial charge in [-0.15, -0.1) is 0 Å². The summed E-state index contributed by atoms with van der Waals surface area (Å²) < 4.78 is 13.4. The number of anilines is 1. The Morgan fingerprint density at radius 1 is 1.02 bits per heavy atom. The largest absolute Gasteiger partial charge is 0.361 e. The fourth-order valence-corrected chi connectivity index (χ4v) is 6.14. The van der Waals surface area contributed by atoms with Gasteiger partial charge in [0.05, 0.1) is 11.3 Å². The normalized spacial score (nSPS) is 15.1. The molecule has 1 aliphatic heterocycles. The van der Waals surface area contributed by atoms with Gasteiger partial charge in [-0.1, -0.05) is 43.3 Å². The summed E-state index contributed by atoms with van der Waals surface area (Å²) in [5.41, 5.74) is 4.53. The van der Waals surface area contributed by atoms with Crippen molar-refractivity contribution in [3.8, 4) is 0 Å². The van der Waals surface area contributed by atoms with Crippen molar-refractivity contribution < 1.29 is 18.8 Å². The fraction of sp³-hybridized carbons (Fsp3) is 0.343. The van der Waals surface area contributed by atoms with Crippen LogP contribution in [0.2, 0.25) is 0 Å². The molecule has 1 aromatic heterocycles. The molecule has 10 heteroatoms. The molecule has 0 unspecified atom stereocenters. The van der Waals surface area contributed by atoms with E-state index < -0.39 is 17.9 Å². The lowest BCUT2D eigenvalue weighted by Gasteiger charge is -2.34. The first-order valence-electron chi connectivity index (χ1n) is 15.3. The first-order chi connectivity index (χ1) is 21.6. The van der Waals surface area contributed by atoms with Gasteiger partial charge in [-0.05, 0) is 79.9 Å². The zero-order chi connectivity index (χ0) is 32.1. The third kappa shape index (κ3) is 7.34. The van der Waals surface area contributed by atoms with Crippen molar-refractivity contribution in [2.24, 2.45) is 0 Å². The molecule has 1 saturated heterocycles. The quantitative estimate of drug-likeness (QED) is 0.202. The predicted octanol–water partition coefficient (Wildman–Crippen LogP) is 5.43. The minimum Gasteiger partial charge on any atom is -0.361 e. The lowest BCUT2D eigenvalue weighted by atomic mass is 9.89. The van der Waals surface area contributed by atoms with Gasteiger partial charge in [0.1, 0.15) is 11.9 Å². The highest BCUT2D eigenvalue weighted by atomic mass is 19.1. The number of hydrogen-bond acceptors (Lipinski definition) is 4. The lowest BCUT2D eigenvalue weighted by molar-refractivity contribution is -0.118. The molecule has 4 N–H and O–H groups in total. The molecule has 2 heterocycles. The lowest BCUT2D eigenvalue weighted by Crippen LogP contribution is -2.53. The van der Waals surface area contributed by atoms with Gasteiger partial charge in [0.2, 0.25) is 5.91 Å². The number of nitrogens with one attached hydrogen (secondary N) is 4. The monoisotopic (exact) mass is 612 g/mol. The number of aromatic nitrogens is 1. The Bertz CT molecular complexity index is 1660. The van der Waals surface area contributed by atoms with Crippen LogP contribution in [0.5, 0.6) is 0 Å². The number of hydrogen-bond donors (Lipinski definition) is 4. The highest BCUT2D eigenvalue weighted by Gasteiger charge is 2.33. The second kappa shape index (κ2) is 13.9. The average Bonchev–Trinajstić information content (AvgIpc) is 3.47. The first kappa shape index (κ1) is 31.7. The summed E-state index contributed by atoms with van der Waals surface area (Å²) >= 11 is 0. The summed E-state index contributed by atoms with van der Waals surface area (Å²) in [4.78, 5) is 47.6. The van der Waals surface area contributed by atoms with Gasteiger partial charge in [-0.2, -0.15) is 0 Å². The molecule has 1 aliphatic rings. The van der Waals surface area contributed by atoms with Gasteiger partial charge in [0.25, 0.3) is 5.91 Å². The fourth-order valence-electron chi connectivity index (χ4n) is 6.14. The molecule has 5 rings (SSSR count). The summed E-state index contributed by atoms with van der Waals surface area (Å²) in [6.07, 6.45) is 3.35. The summed E-state index contributed by atoms with van der Waals surface area (Å²) in [7, 11) is 5.44. The Kier molecular flexibility index (Phi) is 9.83. The van der Waals surface area contributed by atoms with Crippen LogP contribution in [0.15, 0.2) is 72.9 Å². The van der Waals surface area contributed by atoms with E-state index in [4.69, 9.17) is 0 Å². The van der Waals surface area contributed by atoms with E-state index in [2.05, 4.69) is 20.9 Å². The molecule has 4 aromatic rings. The van der Waals surface area contributed by atoms with Gasteiger partial charge in [-0.25, -0.2) is 9.18 Å². The molecule has 1 fully saturated rings. The molecule has 4 amide bonds. The van der Waals surface area contributed by atoms with Gasteiger partial charge in [0, 0.05) is 49.7 Å². The van der Waals surface area contributed by atoms with Crippen LogP contribution in [0.25, 0.3) is 10.9 Å². The number of carbonyl (C=O) groups is 3. The molecule has 0 bridgehead atoms. The second-order valence-corrected chi connectivity index (χ2v) is 12.0. The van der Waals surface area contributed by atoms with Crippen molar-refractivity contribution in [2.75, 3.05) is 39.5 Å². The SMILES string of the molecule is CNC(=O)c1ccc(CN(C)C)cc1NC(=O)[C@H](NC(=O)N1CCC(c2ccc(F)cc2)CC1)[C@@H](C)c1c[nH]c2ccccc12. The molecular formula is C35H41FN6O3. The number of carbonyl (C=O) groups excluding carboxylic acids is 3. The van der Waals surface area contributed by atoms with Crippen LogP contribution >= 0.6 is 0 Å². The van der Waals surface area contributed by atoms with Crippen molar-refractivity contribution in [3.63, 3.8) is 0 Å². The maximum atomic E-state index is 14.1. The van der Waals surface area contributed by atoms with Gasteiger partial charge >= 0.3 is 6.03 Å². The Balaban J connectivity index is 1.39. The minimum absolute atomic E-state index is 0.233. The van der Waals surface area contributed by atoms with E-state index in [1.165, 1.54) is 12.1 Å². The van der Waals surface area contributed by atoms with Crippen LogP contribution < -0.4 is 16.0 Å². The summed E-state index contributed by atoms with van der Waals surface area (Å²) in [6, 6.07) is 18.5. The van der Waals surface area contributed by atoms with Crippen LogP contribution in [0, 0.1) is 5.82 Å². The van der Waals surface area contributed by atoms with E-state index in [0.717, 1.165) is 40.4 Å². The summed E-state index contributed by atoms with van der Waals surface area (Å²) in [5, 5.41) is 9.63. The van der Waals surface area contributed by atoms with E-state index in [0.29, 0.717) is 30.9 Å². The number of halogens is 1. The zero-order valence-electron chi connectivity index (χ0n) is 26.2. The maximum Gasteiger partial charge on any atom is 0.318 e. The first-order valence-corrected chi connectivity index (χ1v) is 15.3. The second-order valence-electron chi connectivity index (χ2n) is 12.0. The van der Waals surface area contributed by atoms with E-state index in [-0.39, 0.29) is 23.7 Å². The van der Waals surface area contributed by atoms with E-state index in [9.17, 15) is 18.8 Å². The third-order valence-electron chi connectivity index (χ3n) is 8.61. The zero-order valence-corrected chi connectivity index (χ0v) is 26.2. The topological polar surface area (TPSA) is 110 Å². The highest BCUT2D eigenvalue weighted by molar-refractivity contribution is 6.06. The van der Waals surface area contributed by atoms with Crippen molar-refractivity contribution in [1.82, 2.24) is 25.4 Å². The molecule has 3 aromatic carbocycles. The van der Waals surface area contributed by atoms with E-state index in [1.807, 2.05) is 62.4 Å². The number of aromatic amines is 1. The molecule has 9 nitrogen and oxygen atoms in total. The van der Waals surface area contributed by atoms with Crippen molar-refractivity contribution in [1.29, 1.82) is 0 Å². The summed E-state index contributed by atoms with van der Waals surface area (Å²) in [5.74, 6) is -1.19. The summed E-state index contributed by atoms with van der Waals surface area (Å²) in [6.45, 7) is 3.56. The Morgan fingerprint density at radius 2 is 1.73 bits per heavy atom. The molecular weight excluding hydrogens is 571 g/mol. The standard InChI is InChI=1S/C35H41FN6O3/c1-22(29-20-38-30-8-6-5-7-27(29)30)32(34(44)39-31-19-23(21-41(3)4)9-14-28(31)33(43)37-2)40-35(45)42-17-15-25(16-18-42)24-10-12-26(36)13-11-24/h5-14,19-20,22,25,32,38H,15-18,21H2,1-4H3,(H,37,43)(H,39,44)(H,40,45)/t22-,32+/m0/s1. The number of H-pyrrole nitrogens is 1. The third-order valence-corrected chi connectivity index (χ3v) is 8.61.